The highest BCUT2D eigenvalue weighted by Gasteiger charge is 2.02. The van der Waals surface area contributed by atoms with Gasteiger partial charge in [-0.3, -0.25) is 0 Å². The SMILES string of the molecule is Cc1ccc(COc2cccc(Cl)c2)c(O)c1. The molecular weight excluding hydrogens is 236 g/mol. The average Bonchev–Trinajstić information content (AvgIpc) is 2.28. The molecule has 0 saturated heterocycles. The lowest BCUT2D eigenvalue weighted by Crippen LogP contribution is -1.95. The first-order valence-corrected chi connectivity index (χ1v) is 5.70. The lowest BCUT2D eigenvalue weighted by atomic mass is 10.1. The second kappa shape index (κ2) is 5.11. The van der Waals surface area contributed by atoms with Gasteiger partial charge in [0, 0.05) is 10.6 Å². The number of rotatable bonds is 3. The van der Waals surface area contributed by atoms with Crippen molar-refractivity contribution in [2.24, 2.45) is 0 Å². The van der Waals surface area contributed by atoms with E-state index in [0.717, 1.165) is 11.1 Å². The highest BCUT2D eigenvalue weighted by atomic mass is 35.5. The Kier molecular flexibility index (Phi) is 3.55. The molecule has 0 radical (unpaired) electrons. The Hall–Kier alpha value is -1.67. The molecule has 0 aliphatic carbocycles. The number of halogens is 1. The Labute approximate surface area is 105 Å². The summed E-state index contributed by atoms with van der Waals surface area (Å²) in [5, 5.41) is 10.4. The van der Waals surface area contributed by atoms with Gasteiger partial charge in [0.1, 0.15) is 18.1 Å². The molecule has 2 aromatic rings. The van der Waals surface area contributed by atoms with Crippen molar-refractivity contribution in [3.8, 4) is 11.5 Å². The Morgan fingerprint density at radius 1 is 1.18 bits per heavy atom. The molecular formula is C14H13ClO2. The van der Waals surface area contributed by atoms with Crippen LogP contribution < -0.4 is 4.74 Å². The largest absolute Gasteiger partial charge is 0.508 e. The van der Waals surface area contributed by atoms with E-state index < -0.39 is 0 Å². The molecule has 0 fully saturated rings. The molecule has 0 atom stereocenters. The molecule has 0 unspecified atom stereocenters. The van der Waals surface area contributed by atoms with Gasteiger partial charge in [0.05, 0.1) is 0 Å². The van der Waals surface area contributed by atoms with Gasteiger partial charge in [-0.25, -0.2) is 0 Å². The number of aromatic hydroxyl groups is 1. The maximum atomic E-state index is 9.72. The number of hydrogen-bond donors (Lipinski definition) is 1. The first kappa shape index (κ1) is 11.8. The minimum absolute atomic E-state index is 0.257. The summed E-state index contributed by atoms with van der Waals surface area (Å²) in [4.78, 5) is 0. The highest BCUT2D eigenvalue weighted by Crippen LogP contribution is 2.22. The standard InChI is InChI=1S/C14H13ClO2/c1-10-5-6-11(14(16)7-10)9-17-13-4-2-3-12(15)8-13/h2-8,16H,9H2,1H3. The van der Waals surface area contributed by atoms with E-state index >= 15 is 0 Å². The molecule has 0 aromatic heterocycles. The highest BCUT2D eigenvalue weighted by molar-refractivity contribution is 6.30. The van der Waals surface area contributed by atoms with Gasteiger partial charge in [0.15, 0.2) is 0 Å². The molecule has 0 bridgehead atoms. The number of ether oxygens (including phenoxy) is 1. The van der Waals surface area contributed by atoms with Crippen LogP contribution in [-0.4, -0.2) is 5.11 Å². The fourth-order valence-corrected chi connectivity index (χ4v) is 1.69. The third-order valence-corrected chi connectivity index (χ3v) is 2.67. The Morgan fingerprint density at radius 3 is 2.71 bits per heavy atom. The van der Waals surface area contributed by atoms with Gasteiger partial charge in [0.25, 0.3) is 0 Å². The molecule has 1 N–H and O–H groups in total. The summed E-state index contributed by atoms with van der Waals surface area (Å²) in [5.74, 6) is 0.949. The van der Waals surface area contributed by atoms with Gasteiger partial charge in [-0.05, 0) is 36.8 Å². The summed E-state index contributed by atoms with van der Waals surface area (Å²) in [6, 6.07) is 12.7. The van der Waals surface area contributed by atoms with Gasteiger partial charge >= 0.3 is 0 Å². The molecule has 0 heterocycles. The van der Waals surface area contributed by atoms with Crippen LogP contribution in [0.1, 0.15) is 11.1 Å². The molecule has 2 aromatic carbocycles. The van der Waals surface area contributed by atoms with Gasteiger partial charge in [-0.1, -0.05) is 29.8 Å². The van der Waals surface area contributed by atoms with Crippen LogP contribution in [0.3, 0.4) is 0 Å². The summed E-state index contributed by atoms with van der Waals surface area (Å²) in [6.45, 7) is 2.26. The molecule has 0 spiro atoms. The second-order valence-electron chi connectivity index (χ2n) is 3.88. The molecule has 17 heavy (non-hydrogen) atoms. The zero-order chi connectivity index (χ0) is 12.3. The number of aryl methyl sites for hydroxylation is 1. The summed E-state index contributed by atoms with van der Waals surface area (Å²) in [7, 11) is 0. The quantitative estimate of drug-likeness (QED) is 0.892. The van der Waals surface area contributed by atoms with Gasteiger partial charge in [0.2, 0.25) is 0 Å². The van der Waals surface area contributed by atoms with Crippen LogP contribution >= 0.6 is 11.6 Å². The third kappa shape index (κ3) is 3.14. The maximum Gasteiger partial charge on any atom is 0.122 e. The van der Waals surface area contributed by atoms with Crippen molar-refractivity contribution in [1.29, 1.82) is 0 Å². The monoisotopic (exact) mass is 248 g/mol. The molecule has 0 amide bonds. The minimum atomic E-state index is 0.257. The molecule has 2 rings (SSSR count). The van der Waals surface area contributed by atoms with E-state index in [0.29, 0.717) is 17.4 Å². The summed E-state index contributed by atoms with van der Waals surface area (Å²) in [5.41, 5.74) is 1.78. The average molecular weight is 249 g/mol. The maximum absolute atomic E-state index is 9.72. The van der Waals surface area contributed by atoms with Crippen LogP contribution in [0.4, 0.5) is 0 Å². The molecule has 0 saturated carbocycles. The zero-order valence-corrected chi connectivity index (χ0v) is 10.2. The van der Waals surface area contributed by atoms with E-state index in [1.165, 1.54) is 0 Å². The van der Waals surface area contributed by atoms with Gasteiger partial charge < -0.3 is 9.84 Å². The lowest BCUT2D eigenvalue weighted by Gasteiger charge is -2.08. The fourth-order valence-electron chi connectivity index (χ4n) is 1.51. The van der Waals surface area contributed by atoms with E-state index in [1.54, 1.807) is 18.2 Å². The Morgan fingerprint density at radius 2 is 2.00 bits per heavy atom. The van der Waals surface area contributed by atoms with E-state index in [9.17, 15) is 5.11 Å². The summed E-state index contributed by atoms with van der Waals surface area (Å²) in [6.07, 6.45) is 0. The van der Waals surface area contributed by atoms with Crippen LogP contribution in [0.5, 0.6) is 11.5 Å². The van der Waals surface area contributed by atoms with Crippen LogP contribution in [0.15, 0.2) is 42.5 Å². The van der Waals surface area contributed by atoms with Crippen molar-refractivity contribution in [3.05, 3.63) is 58.6 Å². The number of phenols is 1. The molecule has 2 nitrogen and oxygen atoms in total. The fraction of sp³-hybridized carbons (Fsp3) is 0.143. The van der Waals surface area contributed by atoms with Gasteiger partial charge in [-0.2, -0.15) is 0 Å². The third-order valence-electron chi connectivity index (χ3n) is 2.43. The van der Waals surface area contributed by atoms with Crippen molar-refractivity contribution in [2.75, 3.05) is 0 Å². The van der Waals surface area contributed by atoms with Crippen molar-refractivity contribution in [1.82, 2.24) is 0 Å². The topological polar surface area (TPSA) is 29.5 Å². The van der Waals surface area contributed by atoms with E-state index in [-0.39, 0.29) is 5.75 Å². The first-order chi connectivity index (χ1) is 8.15. The minimum Gasteiger partial charge on any atom is -0.508 e. The number of hydrogen-bond acceptors (Lipinski definition) is 2. The van der Waals surface area contributed by atoms with Crippen molar-refractivity contribution < 1.29 is 9.84 Å². The molecule has 88 valence electrons. The second-order valence-corrected chi connectivity index (χ2v) is 4.31. The predicted molar refractivity (Wildman–Crippen MR) is 68.6 cm³/mol. The van der Waals surface area contributed by atoms with E-state index in [4.69, 9.17) is 16.3 Å². The Balaban J connectivity index is 2.07. The number of benzene rings is 2. The van der Waals surface area contributed by atoms with Crippen molar-refractivity contribution in [2.45, 2.75) is 13.5 Å². The summed E-state index contributed by atoms with van der Waals surface area (Å²) < 4.78 is 5.55. The van der Waals surface area contributed by atoms with Crippen molar-refractivity contribution >= 4 is 11.6 Å². The zero-order valence-electron chi connectivity index (χ0n) is 9.48. The molecule has 3 heteroatoms. The van der Waals surface area contributed by atoms with Gasteiger partial charge in [-0.15, -0.1) is 0 Å². The number of phenolic OH excluding ortho intramolecular Hbond substituents is 1. The molecule has 0 aliphatic rings. The van der Waals surface area contributed by atoms with Crippen LogP contribution in [0, 0.1) is 6.92 Å². The van der Waals surface area contributed by atoms with Crippen LogP contribution in [0.2, 0.25) is 5.02 Å². The normalized spacial score (nSPS) is 10.2. The predicted octanol–water partition coefficient (Wildman–Crippen LogP) is 3.93. The van der Waals surface area contributed by atoms with E-state index in [2.05, 4.69) is 0 Å². The molecule has 0 aliphatic heterocycles. The van der Waals surface area contributed by atoms with Crippen LogP contribution in [-0.2, 0) is 6.61 Å². The van der Waals surface area contributed by atoms with E-state index in [1.807, 2.05) is 31.2 Å². The lowest BCUT2D eigenvalue weighted by molar-refractivity contribution is 0.299. The summed E-state index contributed by atoms with van der Waals surface area (Å²) >= 11 is 5.85. The van der Waals surface area contributed by atoms with Crippen molar-refractivity contribution in [3.63, 3.8) is 0 Å². The first-order valence-electron chi connectivity index (χ1n) is 5.32. The smallest absolute Gasteiger partial charge is 0.122 e. The van der Waals surface area contributed by atoms with Crippen LogP contribution in [0.25, 0.3) is 0 Å². The Bertz CT molecular complexity index is 523.